The summed E-state index contributed by atoms with van der Waals surface area (Å²) < 4.78 is 5.16. The standard InChI is InChI=1S/C14H17NO4/c16-9-12-13(17)7-4-8-15(12)14(18)19-10-11-5-2-1-3-6-11/h1-3,5-6,9,12-13,17H,4,7-8,10H2/t12-,13-/m1/s1. The van der Waals surface area contributed by atoms with E-state index >= 15 is 0 Å². The summed E-state index contributed by atoms with van der Waals surface area (Å²) in [7, 11) is 0. The normalized spacial score (nSPS) is 22.9. The van der Waals surface area contributed by atoms with Gasteiger partial charge in [-0.2, -0.15) is 0 Å². The van der Waals surface area contributed by atoms with E-state index in [1.54, 1.807) is 0 Å². The van der Waals surface area contributed by atoms with Gasteiger partial charge in [-0.15, -0.1) is 0 Å². The molecule has 0 saturated carbocycles. The van der Waals surface area contributed by atoms with Gasteiger partial charge in [-0.05, 0) is 18.4 Å². The molecule has 19 heavy (non-hydrogen) atoms. The average Bonchev–Trinajstić information content (AvgIpc) is 2.45. The first-order chi connectivity index (χ1) is 9.22. The average molecular weight is 263 g/mol. The van der Waals surface area contributed by atoms with Crippen LogP contribution >= 0.6 is 0 Å². The fourth-order valence-electron chi connectivity index (χ4n) is 2.18. The number of amides is 1. The molecule has 1 aliphatic rings. The predicted octanol–water partition coefficient (Wildman–Crippen LogP) is 1.35. The van der Waals surface area contributed by atoms with Crippen LogP contribution in [0, 0.1) is 0 Å². The molecule has 1 fully saturated rings. The van der Waals surface area contributed by atoms with Gasteiger partial charge in [-0.25, -0.2) is 4.79 Å². The summed E-state index contributed by atoms with van der Waals surface area (Å²) >= 11 is 0. The minimum Gasteiger partial charge on any atom is -0.445 e. The lowest BCUT2D eigenvalue weighted by Gasteiger charge is -2.34. The lowest BCUT2D eigenvalue weighted by molar-refractivity contribution is -0.117. The van der Waals surface area contributed by atoms with E-state index in [1.165, 1.54) is 4.90 Å². The molecular weight excluding hydrogens is 246 g/mol. The summed E-state index contributed by atoms with van der Waals surface area (Å²) in [5.41, 5.74) is 0.885. The SMILES string of the molecule is O=C[C@@H]1[C@H](O)CCCN1C(=O)OCc1ccccc1. The number of hydrogen-bond acceptors (Lipinski definition) is 4. The van der Waals surface area contributed by atoms with E-state index in [0.29, 0.717) is 25.7 Å². The first-order valence-electron chi connectivity index (χ1n) is 6.33. The van der Waals surface area contributed by atoms with Crippen molar-refractivity contribution in [3.8, 4) is 0 Å². The molecule has 0 spiro atoms. The third kappa shape index (κ3) is 3.32. The molecule has 2 rings (SSSR count). The molecule has 0 aromatic heterocycles. The Bertz CT molecular complexity index is 434. The molecule has 0 radical (unpaired) electrons. The molecule has 1 aliphatic heterocycles. The fraction of sp³-hybridized carbons (Fsp3) is 0.429. The van der Waals surface area contributed by atoms with Gasteiger partial charge in [0.15, 0.2) is 0 Å². The summed E-state index contributed by atoms with van der Waals surface area (Å²) in [6.45, 7) is 0.603. The van der Waals surface area contributed by atoms with Gasteiger partial charge in [0.2, 0.25) is 0 Å². The number of rotatable bonds is 3. The van der Waals surface area contributed by atoms with Gasteiger partial charge >= 0.3 is 6.09 Å². The Labute approximate surface area is 111 Å². The summed E-state index contributed by atoms with van der Waals surface area (Å²) in [5.74, 6) is 0. The van der Waals surface area contributed by atoms with Gasteiger partial charge in [0.25, 0.3) is 0 Å². The van der Waals surface area contributed by atoms with Crippen LogP contribution in [0.3, 0.4) is 0 Å². The number of likely N-dealkylation sites (tertiary alicyclic amines) is 1. The number of benzene rings is 1. The molecule has 1 aromatic carbocycles. The summed E-state index contributed by atoms with van der Waals surface area (Å²) in [6.07, 6.45) is 0.459. The third-order valence-electron chi connectivity index (χ3n) is 3.23. The molecule has 5 heteroatoms. The van der Waals surface area contributed by atoms with Crippen molar-refractivity contribution in [2.75, 3.05) is 6.54 Å². The molecule has 1 aromatic rings. The second kappa shape index (κ2) is 6.33. The predicted molar refractivity (Wildman–Crippen MR) is 68.4 cm³/mol. The summed E-state index contributed by atoms with van der Waals surface area (Å²) in [5, 5.41) is 9.69. The number of ether oxygens (including phenoxy) is 1. The number of carbonyl (C=O) groups excluding carboxylic acids is 2. The van der Waals surface area contributed by atoms with Crippen molar-refractivity contribution in [1.82, 2.24) is 4.90 Å². The number of aliphatic hydroxyl groups is 1. The lowest BCUT2D eigenvalue weighted by Crippen LogP contribution is -2.52. The molecular formula is C14H17NO4. The first kappa shape index (κ1) is 13.5. The van der Waals surface area contributed by atoms with Crippen molar-refractivity contribution in [2.24, 2.45) is 0 Å². The second-order valence-electron chi connectivity index (χ2n) is 4.57. The highest BCUT2D eigenvalue weighted by atomic mass is 16.6. The van der Waals surface area contributed by atoms with Crippen molar-refractivity contribution < 1.29 is 19.4 Å². The maximum atomic E-state index is 11.9. The van der Waals surface area contributed by atoms with E-state index in [1.807, 2.05) is 30.3 Å². The maximum absolute atomic E-state index is 11.9. The molecule has 1 amide bonds. The number of hydrogen-bond donors (Lipinski definition) is 1. The van der Waals surface area contributed by atoms with Crippen LogP contribution in [0.5, 0.6) is 0 Å². The number of carbonyl (C=O) groups is 2. The molecule has 2 atom stereocenters. The Morgan fingerprint density at radius 2 is 2.16 bits per heavy atom. The Kier molecular flexibility index (Phi) is 4.52. The molecule has 102 valence electrons. The Hall–Kier alpha value is -1.88. The highest BCUT2D eigenvalue weighted by molar-refractivity contribution is 5.74. The number of aldehydes is 1. The zero-order valence-corrected chi connectivity index (χ0v) is 10.6. The number of nitrogens with zero attached hydrogens (tertiary/aromatic N) is 1. The van der Waals surface area contributed by atoms with E-state index in [4.69, 9.17) is 4.74 Å². The topological polar surface area (TPSA) is 66.8 Å². The number of aliphatic hydroxyl groups excluding tert-OH is 1. The monoisotopic (exact) mass is 263 g/mol. The second-order valence-corrected chi connectivity index (χ2v) is 4.57. The van der Waals surface area contributed by atoms with E-state index < -0.39 is 18.2 Å². The highest BCUT2D eigenvalue weighted by Crippen LogP contribution is 2.17. The van der Waals surface area contributed by atoms with Crippen molar-refractivity contribution in [1.29, 1.82) is 0 Å². The van der Waals surface area contributed by atoms with E-state index in [9.17, 15) is 14.7 Å². The van der Waals surface area contributed by atoms with E-state index in [0.717, 1.165) is 5.56 Å². The van der Waals surface area contributed by atoms with Gasteiger partial charge in [0.1, 0.15) is 18.9 Å². The largest absolute Gasteiger partial charge is 0.445 e. The lowest BCUT2D eigenvalue weighted by atomic mass is 10.0. The Balaban J connectivity index is 1.93. The smallest absolute Gasteiger partial charge is 0.410 e. The minimum absolute atomic E-state index is 0.165. The van der Waals surface area contributed by atoms with Gasteiger partial charge in [0, 0.05) is 6.54 Å². The van der Waals surface area contributed by atoms with Crippen LogP contribution in [-0.2, 0) is 16.1 Å². The fourth-order valence-corrected chi connectivity index (χ4v) is 2.18. The molecule has 1 saturated heterocycles. The zero-order valence-electron chi connectivity index (χ0n) is 10.6. The van der Waals surface area contributed by atoms with Crippen LogP contribution in [0.4, 0.5) is 4.79 Å². The van der Waals surface area contributed by atoms with Gasteiger partial charge < -0.3 is 14.6 Å². The third-order valence-corrected chi connectivity index (χ3v) is 3.23. The maximum Gasteiger partial charge on any atom is 0.410 e. The molecule has 1 heterocycles. The van der Waals surface area contributed by atoms with Crippen LogP contribution in [0.1, 0.15) is 18.4 Å². The molecule has 5 nitrogen and oxygen atoms in total. The molecule has 0 unspecified atom stereocenters. The van der Waals surface area contributed by atoms with Gasteiger partial charge in [0.05, 0.1) is 6.10 Å². The van der Waals surface area contributed by atoms with Crippen LogP contribution in [0.15, 0.2) is 30.3 Å². The van der Waals surface area contributed by atoms with Gasteiger partial charge in [-0.3, -0.25) is 4.90 Å². The molecule has 1 N–H and O–H groups in total. The first-order valence-corrected chi connectivity index (χ1v) is 6.33. The Morgan fingerprint density at radius 3 is 2.84 bits per heavy atom. The van der Waals surface area contributed by atoms with Crippen LogP contribution < -0.4 is 0 Å². The van der Waals surface area contributed by atoms with Crippen LogP contribution in [-0.4, -0.2) is 41.1 Å². The number of piperidine rings is 1. The van der Waals surface area contributed by atoms with Crippen molar-refractivity contribution in [3.63, 3.8) is 0 Å². The Morgan fingerprint density at radius 1 is 1.42 bits per heavy atom. The molecule has 0 aliphatic carbocycles. The quantitative estimate of drug-likeness (QED) is 0.836. The van der Waals surface area contributed by atoms with Crippen LogP contribution in [0.2, 0.25) is 0 Å². The zero-order chi connectivity index (χ0) is 13.7. The summed E-state index contributed by atoms with van der Waals surface area (Å²) in [6, 6.07) is 8.53. The van der Waals surface area contributed by atoms with E-state index in [-0.39, 0.29) is 6.61 Å². The van der Waals surface area contributed by atoms with Gasteiger partial charge in [-0.1, -0.05) is 30.3 Å². The summed E-state index contributed by atoms with van der Waals surface area (Å²) in [4.78, 5) is 24.2. The van der Waals surface area contributed by atoms with Crippen LogP contribution in [0.25, 0.3) is 0 Å². The van der Waals surface area contributed by atoms with Crippen molar-refractivity contribution in [3.05, 3.63) is 35.9 Å². The minimum atomic E-state index is -0.796. The highest BCUT2D eigenvalue weighted by Gasteiger charge is 2.33. The van der Waals surface area contributed by atoms with E-state index in [2.05, 4.69) is 0 Å². The van der Waals surface area contributed by atoms with Crippen molar-refractivity contribution >= 4 is 12.4 Å². The van der Waals surface area contributed by atoms with Crippen molar-refractivity contribution in [2.45, 2.75) is 31.6 Å². The molecule has 0 bridgehead atoms.